The van der Waals surface area contributed by atoms with Crippen LogP contribution in [0.3, 0.4) is 0 Å². The highest BCUT2D eigenvalue weighted by Gasteiger charge is 2.28. The quantitative estimate of drug-likeness (QED) is 0.681. The molecular formula is C16H28N4OS. The molecule has 1 aromatic rings. The molecule has 0 aliphatic carbocycles. The first-order valence-corrected chi connectivity index (χ1v) is 9.02. The summed E-state index contributed by atoms with van der Waals surface area (Å²) in [7, 11) is 0. The lowest BCUT2D eigenvalue weighted by Crippen LogP contribution is -2.50. The van der Waals surface area contributed by atoms with E-state index in [1.54, 1.807) is 0 Å². The van der Waals surface area contributed by atoms with Crippen molar-refractivity contribution in [2.24, 2.45) is 4.99 Å². The van der Waals surface area contributed by atoms with Gasteiger partial charge < -0.3 is 14.7 Å². The van der Waals surface area contributed by atoms with Crippen molar-refractivity contribution >= 4 is 17.7 Å². The summed E-state index contributed by atoms with van der Waals surface area (Å²) in [6.45, 7) is 14.4. The van der Waals surface area contributed by atoms with E-state index in [2.05, 4.69) is 50.0 Å². The highest BCUT2D eigenvalue weighted by Crippen LogP contribution is 2.29. The first-order chi connectivity index (χ1) is 10.4. The van der Waals surface area contributed by atoms with E-state index in [1.807, 2.05) is 17.8 Å². The molecule has 0 saturated carbocycles. The van der Waals surface area contributed by atoms with Gasteiger partial charge in [0.2, 0.25) is 0 Å². The Morgan fingerprint density at radius 3 is 2.91 bits per heavy atom. The monoisotopic (exact) mass is 324 g/mol. The predicted molar refractivity (Wildman–Crippen MR) is 93.5 cm³/mol. The third-order valence-corrected chi connectivity index (χ3v) is 4.91. The molecule has 2 heterocycles. The van der Waals surface area contributed by atoms with Gasteiger partial charge in [-0.2, -0.15) is 11.8 Å². The Hall–Kier alpha value is -1.17. The summed E-state index contributed by atoms with van der Waals surface area (Å²) in [6.07, 6.45) is 0. The van der Waals surface area contributed by atoms with Crippen molar-refractivity contribution in [2.45, 2.75) is 51.8 Å². The van der Waals surface area contributed by atoms with Gasteiger partial charge in [-0.1, -0.05) is 19.0 Å². The Morgan fingerprint density at radius 1 is 1.55 bits per heavy atom. The van der Waals surface area contributed by atoms with Gasteiger partial charge in [0.05, 0.1) is 5.69 Å². The van der Waals surface area contributed by atoms with Gasteiger partial charge in [0.25, 0.3) is 0 Å². The van der Waals surface area contributed by atoms with Gasteiger partial charge in [-0.15, -0.1) is 0 Å². The fourth-order valence-electron chi connectivity index (χ4n) is 2.45. The SMILES string of the molecule is CCNC(=NCc1cc(C(C)C)no1)N1CCSC(C)(C)C1. The summed E-state index contributed by atoms with van der Waals surface area (Å²) in [5.41, 5.74) is 0.991. The number of hydrogen-bond acceptors (Lipinski definition) is 4. The van der Waals surface area contributed by atoms with Gasteiger partial charge in [0.15, 0.2) is 11.7 Å². The van der Waals surface area contributed by atoms with E-state index in [4.69, 9.17) is 9.52 Å². The molecule has 22 heavy (non-hydrogen) atoms. The minimum atomic E-state index is 0.269. The van der Waals surface area contributed by atoms with E-state index in [0.717, 1.165) is 42.8 Å². The van der Waals surface area contributed by atoms with Crippen LogP contribution < -0.4 is 5.32 Å². The number of aromatic nitrogens is 1. The van der Waals surface area contributed by atoms with E-state index >= 15 is 0 Å². The Morgan fingerprint density at radius 2 is 2.32 bits per heavy atom. The molecule has 6 heteroatoms. The van der Waals surface area contributed by atoms with Crippen LogP contribution in [-0.2, 0) is 6.54 Å². The number of nitrogens with zero attached hydrogens (tertiary/aromatic N) is 3. The molecule has 0 radical (unpaired) electrons. The minimum absolute atomic E-state index is 0.269. The number of nitrogens with one attached hydrogen (secondary N) is 1. The van der Waals surface area contributed by atoms with Crippen LogP contribution in [-0.4, -0.2) is 46.2 Å². The molecular weight excluding hydrogens is 296 g/mol. The lowest BCUT2D eigenvalue weighted by Gasteiger charge is -2.39. The number of hydrogen-bond donors (Lipinski definition) is 1. The molecule has 1 aliphatic heterocycles. The molecule has 0 bridgehead atoms. The smallest absolute Gasteiger partial charge is 0.194 e. The third-order valence-electron chi connectivity index (χ3n) is 3.61. The molecule has 5 nitrogen and oxygen atoms in total. The molecule has 1 aliphatic rings. The topological polar surface area (TPSA) is 53.7 Å². The first-order valence-electron chi connectivity index (χ1n) is 8.04. The minimum Gasteiger partial charge on any atom is -0.359 e. The first kappa shape index (κ1) is 17.2. The van der Waals surface area contributed by atoms with Crippen molar-refractivity contribution in [3.05, 3.63) is 17.5 Å². The molecule has 124 valence electrons. The van der Waals surface area contributed by atoms with Crippen LogP contribution >= 0.6 is 11.8 Å². The average molecular weight is 324 g/mol. The van der Waals surface area contributed by atoms with E-state index in [1.165, 1.54) is 0 Å². The van der Waals surface area contributed by atoms with Crippen molar-refractivity contribution in [2.75, 3.05) is 25.4 Å². The molecule has 1 aromatic heterocycles. The summed E-state index contributed by atoms with van der Waals surface area (Å²) < 4.78 is 5.64. The number of thioether (sulfide) groups is 1. The van der Waals surface area contributed by atoms with E-state index in [9.17, 15) is 0 Å². The lowest BCUT2D eigenvalue weighted by atomic mass is 10.1. The van der Waals surface area contributed by atoms with Crippen molar-refractivity contribution in [3.8, 4) is 0 Å². The Balaban J connectivity index is 2.05. The number of aliphatic imine (C=N–C) groups is 1. The summed E-state index contributed by atoms with van der Waals surface area (Å²) in [4.78, 5) is 7.08. The third kappa shape index (κ3) is 4.66. The Bertz CT molecular complexity index is 510. The second-order valence-electron chi connectivity index (χ2n) is 6.57. The van der Waals surface area contributed by atoms with E-state index in [0.29, 0.717) is 12.5 Å². The number of guanidine groups is 1. The van der Waals surface area contributed by atoms with Crippen molar-refractivity contribution in [1.82, 2.24) is 15.4 Å². The second kappa shape index (κ2) is 7.40. The standard InChI is InChI=1S/C16H28N4OS/c1-6-17-15(20-7-8-22-16(4,5)11-20)18-10-13-9-14(12(2)3)19-21-13/h9,12H,6-8,10-11H2,1-5H3,(H,17,18). The molecule has 2 rings (SSSR count). The zero-order valence-electron chi connectivity index (χ0n) is 14.3. The highest BCUT2D eigenvalue weighted by molar-refractivity contribution is 8.00. The molecule has 1 saturated heterocycles. The van der Waals surface area contributed by atoms with Gasteiger partial charge in [0.1, 0.15) is 6.54 Å². The fraction of sp³-hybridized carbons (Fsp3) is 0.750. The van der Waals surface area contributed by atoms with Crippen molar-refractivity contribution in [1.29, 1.82) is 0 Å². The Labute approximate surface area is 137 Å². The highest BCUT2D eigenvalue weighted by atomic mass is 32.2. The summed E-state index contributed by atoms with van der Waals surface area (Å²) in [5, 5.41) is 7.49. The summed E-state index contributed by atoms with van der Waals surface area (Å²) in [5.74, 6) is 3.31. The second-order valence-corrected chi connectivity index (χ2v) is 8.37. The predicted octanol–water partition coefficient (Wildman–Crippen LogP) is 3.09. The van der Waals surface area contributed by atoms with Gasteiger partial charge in [0, 0.05) is 36.2 Å². The van der Waals surface area contributed by atoms with Crippen LogP contribution in [0.15, 0.2) is 15.6 Å². The van der Waals surface area contributed by atoms with E-state index < -0.39 is 0 Å². The summed E-state index contributed by atoms with van der Waals surface area (Å²) >= 11 is 2.03. The van der Waals surface area contributed by atoms with Crippen LogP contribution in [0.2, 0.25) is 0 Å². The zero-order valence-corrected chi connectivity index (χ0v) is 15.2. The van der Waals surface area contributed by atoms with Crippen LogP contribution in [0, 0.1) is 0 Å². The van der Waals surface area contributed by atoms with Crippen molar-refractivity contribution in [3.63, 3.8) is 0 Å². The zero-order chi connectivity index (χ0) is 16.2. The fourth-order valence-corrected chi connectivity index (χ4v) is 3.56. The van der Waals surface area contributed by atoms with Crippen LogP contribution in [0.4, 0.5) is 0 Å². The molecule has 0 spiro atoms. The Kier molecular flexibility index (Phi) is 5.78. The maximum absolute atomic E-state index is 5.38. The maximum atomic E-state index is 5.38. The molecule has 0 atom stereocenters. The number of rotatable bonds is 4. The van der Waals surface area contributed by atoms with Crippen LogP contribution in [0.5, 0.6) is 0 Å². The van der Waals surface area contributed by atoms with Crippen LogP contribution in [0.1, 0.15) is 52.0 Å². The lowest BCUT2D eigenvalue weighted by molar-refractivity contribution is 0.365. The maximum Gasteiger partial charge on any atom is 0.194 e. The van der Waals surface area contributed by atoms with Crippen molar-refractivity contribution < 1.29 is 4.52 Å². The van der Waals surface area contributed by atoms with E-state index in [-0.39, 0.29) is 4.75 Å². The normalized spacial score (nSPS) is 18.8. The van der Waals surface area contributed by atoms with Crippen LogP contribution in [0.25, 0.3) is 0 Å². The molecule has 0 aromatic carbocycles. The summed E-state index contributed by atoms with van der Waals surface area (Å²) in [6, 6.07) is 2.01. The molecule has 1 fully saturated rings. The average Bonchev–Trinajstić information content (AvgIpc) is 2.91. The van der Waals surface area contributed by atoms with Gasteiger partial charge >= 0.3 is 0 Å². The molecule has 0 amide bonds. The van der Waals surface area contributed by atoms with Gasteiger partial charge in [-0.3, -0.25) is 0 Å². The van der Waals surface area contributed by atoms with Gasteiger partial charge in [-0.05, 0) is 26.7 Å². The molecule has 0 unspecified atom stereocenters. The molecule has 1 N–H and O–H groups in total. The largest absolute Gasteiger partial charge is 0.359 e. The van der Waals surface area contributed by atoms with Gasteiger partial charge in [-0.25, -0.2) is 4.99 Å².